The van der Waals surface area contributed by atoms with E-state index in [-0.39, 0.29) is 47.0 Å². The zero-order valence-electron chi connectivity index (χ0n) is 18.4. The molecule has 0 aliphatic carbocycles. The van der Waals surface area contributed by atoms with E-state index in [1.54, 1.807) is 0 Å². The van der Waals surface area contributed by atoms with E-state index in [1.165, 1.54) is 0 Å². The second-order valence-corrected chi connectivity index (χ2v) is 7.69. The minimum Gasteiger partial charge on any atom is -0.508 e. The molecular weight excluding hydrogens is 458 g/mol. The lowest BCUT2D eigenvalue weighted by Gasteiger charge is -2.24. The first-order valence-corrected chi connectivity index (χ1v) is 10.6. The maximum Gasteiger partial charge on any atom is 0.238 e. The molecule has 3 aromatic carbocycles. The molecule has 0 saturated carbocycles. The van der Waals surface area contributed by atoms with Crippen molar-refractivity contribution in [3.05, 3.63) is 64.8 Å². The summed E-state index contributed by atoms with van der Waals surface area (Å²) in [5, 5.41) is 59.9. The number of phenols is 4. The number of nitrogens with zero attached hydrogens (tertiary/aromatic N) is 1. The second-order valence-electron chi connectivity index (χ2n) is 7.69. The molecule has 4 rings (SSSR count). The van der Waals surface area contributed by atoms with Gasteiger partial charge in [0.1, 0.15) is 29.1 Å². The van der Waals surface area contributed by atoms with Crippen molar-refractivity contribution in [1.82, 2.24) is 0 Å². The van der Waals surface area contributed by atoms with E-state index < -0.39 is 28.4 Å². The van der Waals surface area contributed by atoms with Crippen molar-refractivity contribution in [3.63, 3.8) is 0 Å². The summed E-state index contributed by atoms with van der Waals surface area (Å²) in [4.78, 5) is 14.4. The highest BCUT2D eigenvalue weighted by Crippen LogP contribution is 2.43. The van der Waals surface area contributed by atoms with Gasteiger partial charge in [-0.1, -0.05) is 18.2 Å². The van der Waals surface area contributed by atoms with Crippen LogP contribution in [0.15, 0.2) is 63.8 Å². The minimum absolute atomic E-state index is 0.0436. The standard InChI is InChI=1S/C25H23NO9/c27-8-6-26(15-4-2-1-3-5-15)7-9-34-25-18(30)10-14(11-19(25)31)24-23(33)22(32)21-17(29)12-16(28)13-20(21)35-24/h1-5,10-13,27-31,33H,6-9H2. The van der Waals surface area contributed by atoms with Gasteiger partial charge in [-0.2, -0.15) is 0 Å². The quantitative estimate of drug-likeness (QED) is 0.220. The average Bonchev–Trinajstić information content (AvgIpc) is 2.82. The van der Waals surface area contributed by atoms with Gasteiger partial charge in [-0.05, 0) is 24.3 Å². The molecule has 10 heteroatoms. The van der Waals surface area contributed by atoms with Crippen LogP contribution in [0.25, 0.3) is 22.3 Å². The number of anilines is 1. The summed E-state index contributed by atoms with van der Waals surface area (Å²) >= 11 is 0. The molecule has 0 fully saturated rings. The van der Waals surface area contributed by atoms with Crippen LogP contribution in [0, 0.1) is 0 Å². The van der Waals surface area contributed by atoms with Gasteiger partial charge in [0.25, 0.3) is 0 Å². The third-order valence-electron chi connectivity index (χ3n) is 5.35. The van der Waals surface area contributed by atoms with E-state index in [9.17, 15) is 35.4 Å². The summed E-state index contributed by atoms with van der Waals surface area (Å²) in [5.41, 5.74) is -0.335. The van der Waals surface area contributed by atoms with E-state index in [0.717, 1.165) is 30.0 Å². The highest BCUT2D eigenvalue weighted by atomic mass is 16.5. The van der Waals surface area contributed by atoms with Crippen molar-refractivity contribution in [2.75, 3.05) is 31.2 Å². The van der Waals surface area contributed by atoms with E-state index in [1.807, 2.05) is 35.2 Å². The fraction of sp³-hybridized carbons (Fsp3) is 0.160. The molecule has 0 spiro atoms. The molecule has 182 valence electrons. The van der Waals surface area contributed by atoms with Crippen molar-refractivity contribution in [2.45, 2.75) is 0 Å². The molecule has 0 amide bonds. The predicted octanol–water partition coefficient (Wildman–Crippen LogP) is 2.87. The van der Waals surface area contributed by atoms with Gasteiger partial charge in [0.05, 0.1) is 13.2 Å². The van der Waals surface area contributed by atoms with E-state index in [4.69, 9.17) is 9.15 Å². The molecule has 1 heterocycles. The fourth-order valence-electron chi connectivity index (χ4n) is 3.74. The van der Waals surface area contributed by atoms with Gasteiger partial charge in [0, 0.05) is 29.9 Å². The normalized spacial score (nSPS) is 11.0. The van der Waals surface area contributed by atoms with Gasteiger partial charge < -0.3 is 44.7 Å². The van der Waals surface area contributed by atoms with Gasteiger partial charge in [-0.3, -0.25) is 4.79 Å². The van der Waals surface area contributed by atoms with Crippen LogP contribution >= 0.6 is 0 Å². The smallest absolute Gasteiger partial charge is 0.238 e. The number of benzene rings is 3. The molecule has 0 aliphatic rings. The van der Waals surface area contributed by atoms with Gasteiger partial charge in [0.2, 0.25) is 16.9 Å². The van der Waals surface area contributed by atoms with E-state index in [2.05, 4.69) is 0 Å². The molecule has 0 unspecified atom stereocenters. The van der Waals surface area contributed by atoms with Crippen molar-refractivity contribution in [1.29, 1.82) is 0 Å². The Kier molecular flexibility index (Phi) is 6.56. The second kappa shape index (κ2) is 9.74. The molecule has 0 atom stereocenters. The molecule has 0 bridgehead atoms. The summed E-state index contributed by atoms with van der Waals surface area (Å²) in [6.45, 7) is 0.689. The number of hydrogen-bond acceptors (Lipinski definition) is 10. The summed E-state index contributed by atoms with van der Waals surface area (Å²) in [7, 11) is 0. The Morgan fingerprint density at radius 1 is 0.857 bits per heavy atom. The van der Waals surface area contributed by atoms with Crippen LogP contribution in [0.3, 0.4) is 0 Å². The fourth-order valence-corrected chi connectivity index (χ4v) is 3.74. The summed E-state index contributed by atoms with van der Waals surface area (Å²) in [5.74, 6) is -3.35. The van der Waals surface area contributed by atoms with Crippen LogP contribution in [0.2, 0.25) is 0 Å². The Morgan fingerprint density at radius 3 is 2.20 bits per heavy atom. The van der Waals surface area contributed by atoms with Crippen molar-refractivity contribution in [2.24, 2.45) is 0 Å². The number of aromatic hydroxyl groups is 5. The number of aliphatic hydroxyl groups is 1. The lowest BCUT2D eigenvalue weighted by atomic mass is 10.1. The van der Waals surface area contributed by atoms with Crippen LogP contribution in [0.5, 0.6) is 34.5 Å². The predicted molar refractivity (Wildman–Crippen MR) is 127 cm³/mol. The van der Waals surface area contributed by atoms with Crippen LogP contribution in [0.1, 0.15) is 0 Å². The maximum atomic E-state index is 12.5. The number of phenolic OH excluding ortho intramolecular Hbond substituents is 4. The molecule has 0 aliphatic heterocycles. The Morgan fingerprint density at radius 2 is 1.54 bits per heavy atom. The van der Waals surface area contributed by atoms with E-state index in [0.29, 0.717) is 13.1 Å². The first-order valence-electron chi connectivity index (χ1n) is 10.6. The third-order valence-corrected chi connectivity index (χ3v) is 5.35. The highest BCUT2D eigenvalue weighted by Gasteiger charge is 2.21. The number of aliphatic hydroxyl groups excluding tert-OH is 1. The van der Waals surface area contributed by atoms with Gasteiger partial charge in [-0.15, -0.1) is 0 Å². The van der Waals surface area contributed by atoms with Crippen LogP contribution in [0.4, 0.5) is 5.69 Å². The lowest BCUT2D eigenvalue weighted by molar-refractivity contribution is 0.276. The summed E-state index contributed by atoms with van der Waals surface area (Å²) < 4.78 is 11.1. The molecule has 35 heavy (non-hydrogen) atoms. The topological polar surface area (TPSA) is 164 Å². The Labute approximate surface area is 198 Å². The number of para-hydroxylation sites is 1. The number of hydrogen-bond donors (Lipinski definition) is 6. The average molecular weight is 481 g/mol. The summed E-state index contributed by atoms with van der Waals surface area (Å²) in [6.07, 6.45) is 0. The molecule has 0 saturated heterocycles. The van der Waals surface area contributed by atoms with Crippen molar-refractivity contribution in [3.8, 4) is 45.8 Å². The van der Waals surface area contributed by atoms with Gasteiger partial charge in [-0.25, -0.2) is 0 Å². The van der Waals surface area contributed by atoms with Crippen molar-refractivity contribution < 1.29 is 39.8 Å². The van der Waals surface area contributed by atoms with Crippen LogP contribution < -0.4 is 15.1 Å². The minimum atomic E-state index is -0.956. The Hall–Kier alpha value is -4.57. The maximum absolute atomic E-state index is 12.5. The first-order chi connectivity index (χ1) is 16.8. The molecule has 1 aromatic heterocycles. The first kappa shape index (κ1) is 23.6. The highest BCUT2D eigenvalue weighted by molar-refractivity contribution is 5.88. The molecular formula is C25H23NO9. The van der Waals surface area contributed by atoms with Crippen LogP contribution in [-0.4, -0.2) is 56.9 Å². The SMILES string of the molecule is O=c1c(O)c(-c2cc(O)c(OCCN(CCO)c3ccccc3)c(O)c2)oc2cc(O)cc(O)c12. The number of fused-ring (bicyclic) bond motifs is 1. The molecule has 0 radical (unpaired) electrons. The largest absolute Gasteiger partial charge is 0.508 e. The molecule has 10 nitrogen and oxygen atoms in total. The Bertz CT molecular complexity index is 1390. The zero-order valence-corrected chi connectivity index (χ0v) is 18.4. The summed E-state index contributed by atoms with van der Waals surface area (Å²) in [6, 6.07) is 13.6. The van der Waals surface area contributed by atoms with Gasteiger partial charge >= 0.3 is 0 Å². The molecule has 6 N–H and O–H groups in total. The molecule has 4 aromatic rings. The van der Waals surface area contributed by atoms with Crippen molar-refractivity contribution >= 4 is 16.7 Å². The lowest BCUT2D eigenvalue weighted by Crippen LogP contribution is -2.31. The van der Waals surface area contributed by atoms with Crippen LogP contribution in [-0.2, 0) is 0 Å². The van der Waals surface area contributed by atoms with Gasteiger partial charge in [0.15, 0.2) is 17.3 Å². The number of ether oxygens (including phenoxy) is 1. The monoisotopic (exact) mass is 481 g/mol. The van der Waals surface area contributed by atoms with E-state index >= 15 is 0 Å². The Balaban J connectivity index is 1.60. The zero-order chi connectivity index (χ0) is 25.1. The number of rotatable bonds is 8. The third kappa shape index (κ3) is 4.73.